The highest BCUT2D eigenvalue weighted by Crippen LogP contribution is 2.25. The molecule has 1 heterocycles. The van der Waals surface area contributed by atoms with Gasteiger partial charge >= 0.3 is 0 Å². The highest BCUT2D eigenvalue weighted by Gasteiger charge is 2.17. The van der Waals surface area contributed by atoms with Crippen LogP contribution in [-0.4, -0.2) is 13.4 Å². The summed E-state index contributed by atoms with van der Waals surface area (Å²) in [6.07, 6.45) is 1.26. The minimum Gasteiger partial charge on any atom is -0.308 e. The second-order valence-corrected chi connectivity index (χ2v) is 6.59. The van der Waals surface area contributed by atoms with E-state index in [1.54, 1.807) is 0 Å². The molecule has 0 atom stereocenters. The van der Waals surface area contributed by atoms with Crippen LogP contribution in [0.15, 0.2) is 35.4 Å². The largest absolute Gasteiger partial charge is 0.308 e. The number of hydrogen-bond acceptors (Lipinski definition) is 5. The number of nitrogens with one attached hydrogen (secondary N) is 2. The number of rotatable bonds is 4. The first-order valence-corrected chi connectivity index (χ1v) is 7.85. The van der Waals surface area contributed by atoms with Gasteiger partial charge in [0, 0.05) is 6.20 Å². The van der Waals surface area contributed by atoms with Crippen LogP contribution in [0, 0.1) is 20.8 Å². The van der Waals surface area contributed by atoms with Crippen LogP contribution >= 0.6 is 0 Å². The van der Waals surface area contributed by atoms with E-state index in [1.165, 1.54) is 18.3 Å². The maximum absolute atomic E-state index is 12.4. The fourth-order valence-electron chi connectivity index (χ4n) is 2.16. The van der Waals surface area contributed by atoms with Gasteiger partial charge in [-0.05, 0) is 44.0 Å². The predicted octanol–water partition coefficient (Wildman–Crippen LogP) is 2.09. The van der Waals surface area contributed by atoms with Gasteiger partial charge in [-0.25, -0.2) is 19.2 Å². The van der Waals surface area contributed by atoms with E-state index < -0.39 is 10.0 Å². The fourth-order valence-corrected chi connectivity index (χ4v) is 3.31. The fraction of sp³-hybridized carbons (Fsp3) is 0.214. The molecule has 0 aliphatic rings. The molecule has 1 aromatic carbocycles. The van der Waals surface area contributed by atoms with E-state index in [2.05, 4.69) is 15.1 Å². The molecule has 21 heavy (non-hydrogen) atoms. The Morgan fingerprint density at radius 1 is 1.10 bits per heavy atom. The molecule has 0 fully saturated rings. The first-order chi connectivity index (χ1) is 9.83. The third kappa shape index (κ3) is 3.32. The van der Waals surface area contributed by atoms with Gasteiger partial charge in [0.05, 0.1) is 5.69 Å². The van der Waals surface area contributed by atoms with Crippen LogP contribution in [-0.2, 0) is 10.0 Å². The van der Waals surface area contributed by atoms with Crippen molar-refractivity contribution in [3.63, 3.8) is 0 Å². The van der Waals surface area contributed by atoms with Crippen LogP contribution in [0.1, 0.15) is 16.7 Å². The summed E-state index contributed by atoms with van der Waals surface area (Å²) in [5.74, 6) is 5.61. The van der Waals surface area contributed by atoms with Crippen molar-refractivity contribution in [2.45, 2.75) is 25.7 Å². The molecule has 0 saturated heterocycles. The minimum atomic E-state index is -3.68. The molecule has 7 heteroatoms. The maximum atomic E-state index is 12.4. The van der Waals surface area contributed by atoms with Gasteiger partial charge in [-0.2, -0.15) is 0 Å². The molecule has 0 saturated carbocycles. The van der Waals surface area contributed by atoms with E-state index in [1.807, 2.05) is 32.9 Å². The lowest BCUT2D eigenvalue weighted by Crippen LogP contribution is -2.16. The predicted molar refractivity (Wildman–Crippen MR) is 83.5 cm³/mol. The number of nitrogens with two attached hydrogens (primary N) is 1. The van der Waals surface area contributed by atoms with Crippen LogP contribution in [0.5, 0.6) is 0 Å². The number of aromatic nitrogens is 1. The van der Waals surface area contributed by atoms with E-state index in [-0.39, 0.29) is 4.90 Å². The molecule has 4 N–H and O–H groups in total. The lowest BCUT2D eigenvalue weighted by Gasteiger charge is -2.14. The van der Waals surface area contributed by atoms with E-state index in [9.17, 15) is 8.42 Å². The average molecular weight is 306 g/mol. The Balaban J connectivity index is 2.37. The second kappa shape index (κ2) is 5.71. The molecule has 2 rings (SSSR count). The van der Waals surface area contributed by atoms with Crippen LogP contribution in [0.2, 0.25) is 0 Å². The van der Waals surface area contributed by atoms with Gasteiger partial charge in [-0.15, -0.1) is 0 Å². The van der Waals surface area contributed by atoms with Gasteiger partial charge < -0.3 is 5.43 Å². The molecule has 0 aliphatic carbocycles. The molecular weight excluding hydrogens is 288 g/mol. The maximum Gasteiger partial charge on any atom is 0.263 e. The summed E-state index contributed by atoms with van der Waals surface area (Å²) in [7, 11) is -3.68. The number of nitrogens with zero attached hydrogens (tertiary/aromatic N) is 1. The Hall–Kier alpha value is -2.12. The number of sulfonamides is 1. The molecule has 112 valence electrons. The average Bonchev–Trinajstić information content (AvgIpc) is 2.43. The molecule has 1 aromatic heterocycles. The Kier molecular flexibility index (Phi) is 4.15. The van der Waals surface area contributed by atoms with Crippen LogP contribution in [0.3, 0.4) is 0 Å². The highest BCUT2D eigenvalue weighted by atomic mass is 32.2. The molecule has 0 bridgehead atoms. The number of benzene rings is 1. The van der Waals surface area contributed by atoms with E-state index >= 15 is 0 Å². The van der Waals surface area contributed by atoms with Crippen molar-refractivity contribution in [1.29, 1.82) is 0 Å². The van der Waals surface area contributed by atoms with E-state index in [4.69, 9.17) is 5.84 Å². The summed E-state index contributed by atoms with van der Waals surface area (Å²) < 4.78 is 27.4. The highest BCUT2D eigenvalue weighted by molar-refractivity contribution is 7.92. The zero-order chi connectivity index (χ0) is 15.6. The monoisotopic (exact) mass is 306 g/mol. The summed E-state index contributed by atoms with van der Waals surface area (Å²) in [6, 6.07) is 6.82. The van der Waals surface area contributed by atoms with Crippen LogP contribution in [0.4, 0.5) is 11.5 Å². The van der Waals surface area contributed by atoms with Crippen molar-refractivity contribution >= 4 is 21.5 Å². The van der Waals surface area contributed by atoms with Crippen LogP contribution < -0.4 is 16.0 Å². The molecule has 2 aromatic rings. The van der Waals surface area contributed by atoms with E-state index in [0.717, 1.165) is 16.7 Å². The summed E-state index contributed by atoms with van der Waals surface area (Å²) in [6.45, 7) is 5.72. The summed E-state index contributed by atoms with van der Waals surface area (Å²) >= 11 is 0. The summed E-state index contributed by atoms with van der Waals surface area (Å²) in [5, 5.41) is 0. The zero-order valence-corrected chi connectivity index (χ0v) is 13.0. The van der Waals surface area contributed by atoms with Gasteiger partial charge in [0.2, 0.25) is 0 Å². The van der Waals surface area contributed by atoms with E-state index in [0.29, 0.717) is 11.5 Å². The number of hydrazine groups is 1. The minimum absolute atomic E-state index is 0.0841. The summed E-state index contributed by atoms with van der Waals surface area (Å²) in [4.78, 5) is 3.99. The topological polar surface area (TPSA) is 97.1 Å². The van der Waals surface area contributed by atoms with Crippen molar-refractivity contribution in [3.05, 3.63) is 47.2 Å². The second-order valence-electron chi connectivity index (χ2n) is 4.90. The smallest absolute Gasteiger partial charge is 0.263 e. The Morgan fingerprint density at radius 2 is 1.71 bits per heavy atom. The van der Waals surface area contributed by atoms with Crippen molar-refractivity contribution in [1.82, 2.24) is 4.98 Å². The molecule has 0 amide bonds. The molecule has 0 aliphatic heterocycles. The number of anilines is 2. The Bertz CT molecular complexity index is 732. The quantitative estimate of drug-likeness (QED) is 0.593. The van der Waals surface area contributed by atoms with Gasteiger partial charge in [-0.1, -0.05) is 17.7 Å². The zero-order valence-electron chi connectivity index (χ0n) is 12.1. The molecular formula is C14H18N4O2S. The number of hydrogen-bond donors (Lipinski definition) is 3. The van der Waals surface area contributed by atoms with Gasteiger partial charge in [0.1, 0.15) is 10.7 Å². The number of aryl methyl sites for hydroxylation is 3. The normalized spacial score (nSPS) is 11.2. The standard InChI is InChI=1S/C14H18N4O2S/c1-9-6-10(2)14(11(3)7-9)18-21(19,20)12-4-5-13(17-15)16-8-12/h4-8,18H,15H2,1-3H3,(H,16,17). The number of pyridine rings is 1. The molecule has 0 spiro atoms. The van der Waals surface area contributed by atoms with Crippen molar-refractivity contribution in [2.24, 2.45) is 5.84 Å². The Labute approximate surface area is 124 Å². The van der Waals surface area contributed by atoms with Gasteiger partial charge in [0.15, 0.2) is 0 Å². The first kappa shape index (κ1) is 15.3. The van der Waals surface area contributed by atoms with Gasteiger partial charge in [0.25, 0.3) is 10.0 Å². The third-order valence-corrected chi connectivity index (χ3v) is 4.44. The van der Waals surface area contributed by atoms with Gasteiger partial charge in [-0.3, -0.25) is 4.72 Å². The summed E-state index contributed by atoms with van der Waals surface area (Å²) in [5.41, 5.74) is 5.80. The SMILES string of the molecule is Cc1cc(C)c(NS(=O)(=O)c2ccc(NN)nc2)c(C)c1. The van der Waals surface area contributed by atoms with Crippen LogP contribution in [0.25, 0.3) is 0 Å². The molecule has 6 nitrogen and oxygen atoms in total. The van der Waals surface area contributed by atoms with Crippen molar-refractivity contribution in [2.75, 3.05) is 10.1 Å². The lowest BCUT2D eigenvalue weighted by molar-refractivity contribution is 0.600. The molecule has 0 radical (unpaired) electrons. The Morgan fingerprint density at radius 3 is 2.19 bits per heavy atom. The lowest BCUT2D eigenvalue weighted by atomic mass is 10.1. The first-order valence-electron chi connectivity index (χ1n) is 6.37. The number of nitrogen functional groups attached to an aromatic ring is 1. The van der Waals surface area contributed by atoms with Crippen molar-refractivity contribution in [3.8, 4) is 0 Å². The third-order valence-electron chi connectivity index (χ3n) is 3.11. The van der Waals surface area contributed by atoms with Crippen molar-refractivity contribution < 1.29 is 8.42 Å². The molecule has 0 unspecified atom stereocenters.